The number of amides is 2. The lowest BCUT2D eigenvalue weighted by atomic mass is 10.3. The van der Waals surface area contributed by atoms with Crippen LogP contribution in [0.5, 0.6) is 5.75 Å². The minimum atomic E-state index is -3.14. The predicted molar refractivity (Wildman–Crippen MR) is 74.6 cm³/mol. The highest BCUT2D eigenvalue weighted by molar-refractivity contribution is 5.90. The van der Waals surface area contributed by atoms with Crippen LogP contribution in [-0.2, 0) is 13.1 Å². The fourth-order valence-corrected chi connectivity index (χ4v) is 1.80. The molecule has 1 aromatic heterocycles. The Hall–Kier alpha value is -2.78. The molecule has 0 bridgehead atoms. The maximum Gasteiger partial charge on any atom is 0.387 e. The molecule has 10 heteroatoms. The average Bonchev–Trinajstić information content (AvgIpc) is 2.95. The number of nitrogens with zero attached hydrogens (tertiary/aromatic N) is 3. The van der Waals surface area contributed by atoms with Gasteiger partial charge < -0.3 is 19.9 Å². The van der Waals surface area contributed by atoms with E-state index < -0.39 is 24.2 Å². The molecule has 124 valence electrons. The van der Waals surface area contributed by atoms with E-state index in [9.17, 15) is 18.0 Å². The molecule has 2 amide bonds. The molecule has 0 saturated carbocycles. The van der Waals surface area contributed by atoms with Gasteiger partial charge in [0.15, 0.2) is 11.6 Å². The summed E-state index contributed by atoms with van der Waals surface area (Å²) < 4.78 is 43.6. The molecule has 0 radical (unpaired) electrons. The standard InChI is InChI=1S/C13H14F3N5O2/c1-2-21-7-18-20-11(21)6-17-13(22)19-9-4-3-8(14)5-10(9)23-12(15)16/h3-5,7,12H,2,6H2,1H3,(H2,17,19,22). The van der Waals surface area contributed by atoms with E-state index in [2.05, 4.69) is 25.6 Å². The monoisotopic (exact) mass is 329 g/mol. The second-order valence-electron chi connectivity index (χ2n) is 4.36. The van der Waals surface area contributed by atoms with Crippen LogP contribution < -0.4 is 15.4 Å². The van der Waals surface area contributed by atoms with E-state index in [1.807, 2.05) is 6.92 Å². The van der Waals surface area contributed by atoms with E-state index >= 15 is 0 Å². The number of urea groups is 1. The van der Waals surface area contributed by atoms with E-state index in [0.717, 1.165) is 18.2 Å². The second kappa shape index (κ2) is 7.47. The summed E-state index contributed by atoms with van der Waals surface area (Å²) in [5.41, 5.74) is -0.0823. The van der Waals surface area contributed by atoms with E-state index in [4.69, 9.17) is 0 Å². The van der Waals surface area contributed by atoms with Crippen molar-refractivity contribution in [2.45, 2.75) is 26.6 Å². The van der Waals surface area contributed by atoms with Gasteiger partial charge in [0.1, 0.15) is 12.1 Å². The van der Waals surface area contributed by atoms with Gasteiger partial charge in [-0.3, -0.25) is 0 Å². The summed E-state index contributed by atoms with van der Waals surface area (Å²) in [5.74, 6) is -0.694. The molecule has 0 aliphatic carbocycles. The number of alkyl halides is 2. The number of ether oxygens (including phenoxy) is 1. The molecular weight excluding hydrogens is 315 g/mol. The number of carbonyl (C=O) groups is 1. The number of hydrogen-bond donors (Lipinski definition) is 2. The topological polar surface area (TPSA) is 81.1 Å². The highest BCUT2D eigenvalue weighted by Crippen LogP contribution is 2.26. The van der Waals surface area contributed by atoms with Crippen LogP contribution in [-0.4, -0.2) is 27.4 Å². The van der Waals surface area contributed by atoms with Crippen molar-refractivity contribution in [2.75, 3.05) is 5.32 Å². The van der Waals surface area contributed by atoms with Gasteiger partial charge in [0, 0.05) is 12.6 Å². The van der Waals surface area contributed by atoms with E-state index in [0.29, 0.717) is 12.4 Å². The van der Waals surface area contributed by atoms with E-state index in [1.54, 1.807) is 4.57 Å². The van der Waals surface area contributed by atoms with Gasteiger partial charge in [-0.05, 0) is 19.1 Å². The quantitative estimate of drug-likeness (QED) is 0.852. The number of hydrogen-bond acceptors (Lipinski definition) is 4. The maximum atomic E-state index is 13.1. The van der Waals surface area contributed by atoms with Crippen LogP contribution in [0.1, 0.15) is 12.7 Å². The second-order valence-corrected chi connectivity index (χ2v) is 4.36. The Bertz CT molecular complexity index is 677. The van der Waals surface area contributed by atoms with Crippen molar-refractivity contribution in [1.82, 2.24) is 20.1 Å². The molecule has 0 saturated heterocycles. The average molecular weight is 329 g/mol. The smallest absolute Gasteiger partial charge is 0.387 e. The fourth-order valence-electron chi connectivity index (χ4n) is 1.80. The summed E-state index contributed by atoms with van der Waals surface area (Å²) in [5, 5.41) is 12.3. The Morgan fingerprint density at radius 2 is 2.22 bits per heavy atom. The van der Waals surface area contributed by atoms with Crippen molar-refractivity contribution < 1.29 is 22.7 Å². The van der Waals surface area contributed by atoms with Crippen molar-refractivity contribution in [1.29, 1.82) is 0 Å². The van der Waals surface area contributed by atoms with Crippen LogP contribution in [0, 0.1) is 5.82 Å². The Kier molecular flexibility index (Phi) is 5.39. The van der Waals surface area contributed by atoms with Crippen LogP contribution >= 0.6 is 0 Å². The fraction of sp³-hybridized carbons (Fsp3) is 0.308. The van der Waals surface area contributed by atoms with Gasteiger partial charge in [0.2, 0.25) is 0 Å². The highest BCUT2D eigenvalue weighted by atomic mass is 19.3. The van der Waals surface area contributed by atoms with Crippen molar-refractivity contribution in [3.8, 4) is 5.75 Å². The molecule has 1 aromatic carbocycles. The first kappa shape index (κ1) is 16.6. The summed E-state index contributed by atoms with van der Waals surface area (Å²) in [4.78, 5) is 11.8. The zero-order chi connectivity index (χ0) is 16.8. The molecule has 0 unspecified atom stereocenters. The van der Waals surface area contributed by atoms with Crippen LogP contribution in [0.3, 0.4) is 0 Å². The number of carbonyl (C=O) groups excluding carboxylic acids is 1. The zero-order valence-corrected chi connectivity index (χ0v) is 12.1. The molecule has 1 heterocycles. The van der Waals surface area contributed by atoms with E-state index in [1.165, 1.54) is 6.33 Å². The van der Waals surface area contributed by atoms with Gasteiger partial charge >= 0.3 is 12.6 Å². The zero-order valence-electron chi connectivity index (χ0n) is 12.1. The van der Waals surface area contributed by atoms with Gasteiger partial charge in [-0.25, -0.2) is 9.18 Å². The summed E-state index contributed by atoms with van der Waals surface area (Å²) in [7, 11) is 0. The number of rotatable bonds is 6. The summed E-state index contributed by atoms with van der Waals surface area (Å²) in [6.07, 6.45) is 1.52. The van der Waals surface area contributed by atoms with Crippen LogP contribution in [0.2, 0.25) is 0 Å². The normalized spacial score (nSPS) is 10.7. The van der Waals surface area contributed by atoms with Crippen LogP contribution in [0.4, 0.5) is 23.7 Å². The lowest BCUT2D eigenvalue weighted by Crippen LogP contribution is -2.29. The Morgan fingerprint density at radius 1 is 1.43 bits per heavy atom. The third-order valence-corrected chi connectivity index (χ3v) is 2.85. The molecule has 0 aliphatic rings. The summed E-state index contributed by atoms with van der Waals surface area (Å²) in [6, 6.07) is 2.22. The molecule has 23 heavy (non-hydrogen) atoms. The summed E-state index contributed by atoms with van der Waals surface area (Å²) >= 11 is 0. The number of aromatic nitrogens is 3. The summed E-state index contributed by atoms with van der Waals surface area (Å²) in [6.45, 7) is -0.523. The molecule has 0 fully saturated rings. The molecule has 2 rings (SSSR count). The number of benzene rings is 1. The maximum absolute atomic E-state index is 13.1. The molecule has 0 aliphatic heterocycles. The lowest BCUT2D eigenvalue weighted by Gasteiger charge is -2.12. The van der Waals surface area contributed by atoms with Gasteiger partial charge in [0.05, 0.1) is 12.2 Å². The Morgan fingerprint density at radius 3 is 2.91 bits per heavy atom. The first-order chi connectivity index (χ1) is 11.0. The molecule has 0 spiro atoms. The van der Waals surface area contributed by atoms with Gasteiger partial charge in [-0.1, -0.05) is 0 Å². The highest BCUT2D eigenvalue weighted by Gasteiger charge is 2.13. The minimum Gasteiger partial charge on any atom is -0.432 e. The first-order valence-electron chi connectivity index (χ1n) is 6.65. The predicted octanol–water partition coefficient (Wildman–Crippen LogP) is 2.36. The Labute approximate surface area is 129 Å². The lowest BCUT2D eigenvalue weighted by molar-refractivity contribution is -0.0495. The van der Waals surface area contributed by atoms with Crippen LogP contribution in [0.15, 0.2) is 24.5 Å². The molecule has 7 nitrogen and oxygen atoms in total. The van der Waals surface area contributed by atoms with Gasteiger partial charge in [0.25, 0.3) is 0 Å². The molecule has 2 N–H and O–H groups in total. The minimum absolute atomic E-state index is 0.0823. The number of nitrogens with one attached hydrogen (secondary N) is 2. The third-order valence-electron chi connectivity index (χ3n) is 2.85. The van der Waals surface area contributed by atoms with Crippen molar-refractivity contribution in [2.24, 2.45) is 0 Å². The molecule has 0 atom stereocenters. The number of anilines is 1. The van der Waals surface area contributed by atoms with Crippen molar-refractivity contribution in [3.63, 3.8) is 0 Å². The number of halogens is 3. The third kappa shape index (κ3) is 4.59. The van der Waals surface area contributed by atoms with Crippen molar-refractivity contribution >= 4 is 11.7 Å². The van der Waals surface area contributed by atoms with E-state index in [-0.39, 0.29) is 12.2 Å². The number of aryl methyl sites for hydroxylation is 1. The largest absolute Gasteiger partial charge is 0.432 e. The van der Waals surface area contributed by atoms with Crippen LogP contribution in [0.25, 0.3) is 0 Å². The SMILES string of the molecule is CCn1cnnc1CNC(=O)Nc1ccc(F)cc1OC(F)F. The van der Waals surface area contributed by atoms with Gasteiger partial charge in [-0.15, -0.1) is 10.2 Å². The Balaban J connectivity index is 2.00. The molecular formula is C13H14F3N5O2. The molecule has 2 aromatic rings. The van der Waals surface area contributed by atoms with Crippen molar-refractivity contribution in [3.05, 3.63) is 36.2 Å². The first-order valence-corrected chi connectivity index (χ1v) is 6.65. The van der Waals surface area contributed by atoms with Gasteiger partial charge in [-0.2, -0.15) is 8.78 Å².